The summed E-state index contributed by atoms with van der Waals surface area (Å²) < 4.78 is 6.12. The Hall–Kier alpha value is 0.1000. The van der Waals surface area contributed by atoms with E-state index in [9.17, 15) is 4.79 Å². The zero-order valence-electron chi connectivity index (χ0n) is 7.96. The summed E-state index contributed by atoms with van der Waals surface area (Å²) in [5, 5.41) is 0.611. The molecule has 0 N–H and O–H groups in total. The fourth-order valence-corrected chi connectivity index (χ4v) is 3.34. The van der Waals surface area contributed by atoms with E-state index in [1.165, 1.54) is 11.3 Å². The Morgan fingerprint density at radius 1 is 1.67 bits per heavy atom. The van der Waals surface area contributed by atoms with Gasteiger partial charge in [-0.1, -0.05) is 11.6 Å². The van der Waals surface area contributed by atoms with Gasteiger partial charge in [0.25, 0.3) is 0 Å². The summed E-state index contributed by atoms with van der Waals surface area (Å²) in [4.78, 5) is 12.7. The Bertz CT molecular complexity index is 352. The van der Waals surface area contributed by atoms with E-state index in [-0.39, 0.29) is 11.7 Å². The Morgan fingerprint density at radius 3 is 3.00 bits per heavy atom. The minimum absolute atomic E-state index is 0.0142. The second-order valence-electron chi connectivity index (χ2n) is 3.51. The van der Waals surface area contributed by atoms with Crippen LogP contribution in [-0.4, -0.2) is 19.0 Å². The van der Waals surface area contributed by atoms with Crippen LogP contribution in [0.3, 0.4) is 0 Å². The number of Topliss-reactive ketones (excluding diaryl/α,β-unsaturated/α-hetero) is 1. The van der Waals surface area contributed by atoms with Crippen molar-refractivity contribution in [3.05, 3.63) is 19.8 Å². The van der Waals surface area contributed by atoms with Gasteiger partial charge in [-0.2, -0.15) is 0 Å². The van der Waals surface area contributed by atoms with Gasteiger partial charge in [-0.05, 0) is 34.8 Å². The number of ketones is 1. The van der Waals surface area contributed by atoms with E-state index in [1.807, 2.05) is 0 Å². The first-order valence-corrected chi connectivity index (χ1v) is 6.74. The van der Waals surface area contributed by atoms with Crippen molar-refractivity contribution >= 4 is 44.7 Å². The van der Waals surface area contributed by atoms with Gasteiger partial charge in [-0.3, -0.25) is 4.79 Å². The Balaban J connectivity index is 2.12. The zero-order valence-corrected chi connectivity index (χ0v) is 11.1. The van der Waals surface area contributed by atoms with Gasteiger partial charge in [0.1, 0.15) is 0 Å². The van der Waals surface area contributed by atoms with Gasteiger partial charge in [0.2, 0.25) is 0 Å². The third kappa shape index (κ3) is 2.61. The molecule has 2 nitrogen and oxygen atoms in total. The molecule has 0 spiro atoms. The first-order valence-electron chi connectivity index (χ1n) is 4.75. The van der Waals surface area contributed by atoms with Crippen molar-refractivity contribution in [2.45, 2.75) is 12.8 Å². The zero-order chi connectivity index (χ0) is 10.8. The van der Waals surface area contributed by atoms with Crippen LogP contribution >= 0.6 is 38.9 Å². The second-order valence-corrected chi connectivity index (χ2v) is 6.29. The predicted octanol–water partition coefficient (Wildman–Crippen LogP) is 3.77. The molecule has 1 aromatic rings. The van der Waals surface area contributed by atoms with Gasteiger partial charge < -0.3 is 4.74 Å². The number of carbonyl (C=O) groups is 1. The molecule has 1 aromatic heterocycles. The highest BCUT2D eigenvalue weighted by atomic mass is 79.9. The van der Waals surface area contributed by atoms with Crippen molar-refractivity contribution in [1.29, 1.82) is 0 Å². The minimum Gasteiger partial charge on any atom is -0.381 e. The highest BCUT2D eigenvalue weighted by Gasteiger charge is 2.24. The molecule has 0 radical (unpaired) electrons. The third-order valence-corrected chi connectivity index (χ3v) is 4.91. The summed E-state index contributed by atoms with van der Waals surface area (Å²) in [5.41, 5.74) is 0. The largest absolute Gasteiger partial charge is 0.381 e. The fraction of sp³-hybridized carbons (Fsp3) is 0.500. The van der Waals surface area contributed by atoms with Crippen LogP contribution in [0.25, 0.3) is 0 Å². The van der Waals surface area contributed by atoms with E-state index in [2.05, 4.69) is 15.9 Å². The SMILES string of the molecule is O=C(c1cc(Cl)c(Br)s1)C1CCCOC1. The standard InChI is InChI=1S/C10H10BrClO2S/c11-10-7(12)4-8(15-10)9(13)6-2-1-3-14-5-6/h4,6H,1-3,5H2. The quantitative estimate of drug-likeness (QED) is 0.777. The number of ether oxygens (including phenoxy) is 1. The summed E-state index contributed by atoms with van der Waals surface area (Å²) in [6, 6.07) is 1.73. The van der Waals surface area contributed by atoms with Gasteiger partial charge in [0.15, 0.2) is 5.78 Å². The molecule has 0 saturated carbocycles. The molecular formula is C10H10BrClO2S. The lowest BCUT2D eigenvalue weighted by Crippen LogP contribution is -2.24. The van der Waals surface area contributed by atoms with Crippen LogP contribution in [0.15, 0.2) is 9.85 Å². The number of carbonyl (C=O) groups excluding carboxylic acids is 1. The lowest BCUT2D eigenvalue weighted by molar-refractivity contribution is 0.0464. The van der Waals surface area contributed by atoms with Crippen molar-refractivity contribution in [2.75, 3.05) is 13.2 Å². The number of hydrogen-bond acceptors (Lipinski definition) is 3. The molecule has 0 aromatic carbocycles. The molecule has 1 unspecified atom stereocenters. The van der Waals surface area contributed by atoms with E-state index >= 15 is 0 Å². The molecule has 1 aliphatic rings. The first kappa shape index (κ1) is 11.6. The number of thiophene rings is 1. The van der Waals surface area contributed by atoms with Gasteiger partial charge in [0.05, 0.1) is 20.3 Å². The minimum atomic E-state index is 0.0142. The average molecular weight is 310 g/mol. The average Bonchev–Trinajstić information content (AvgIpc) is 2.59. The molecule has 1 fully saturated rings. The van der Waals surface area contributed by atoms with E-state index in [0.29, 0.717) is 11.6 Å². The predicted molar refractivity (Wildman–Crippen MR) is 64.9 cm³/mol. The molecule has 5 heteroatoms. The van der Waals surface area contributed by atoms with E-state index in [0.717, 1.165) is 28.1 Å². The molecule has 82 valence electrons. The van der Waals surface area contributed by atoms with E-state index in [4.69, 9.17) is 16.3 Å². The van der Waals surface area contributed by atoms with Gasteiger partial charge in [-0.15, -0.1) is 11.3 Å². The molecule has 0 bridgehead atoms. The van der Waals surface area contributed by atoms with E-state index in [1.54, 1.807) is 6.07 Å². The van der Waals surface area contributed by atoms with Gasteiger partial charge in [-0.25, -0.2) is 0 Å². The van der Waals surface area contributed by atoms with Crippen molar-refractivity contribution in [2.24, 2.45) is 5.92 Å². The third-order valence-electron chi connectivity index (χ3n) is 2.42. The summed E-state index contributed by atoms with van der Waals surface area (Å²) in [6.45, 7) is 1.32. The van der Waals surface area contributed by atoms with Crippen LogP contribution in [0.5, 0.6) is 0 Å². The van der Waals surface area contributed by atoms with Crippen LogP contribution in [0.1, 0.15) is 22.5 Å². The molecule has 2 rings (SSSR count). The van der Waals surface area contributed by atoms with Crippen molar-refractivity contribution in [1.82, 2.24) is 0 Å². The summed E-state index contributed by atoms with van der Waals surface area (Å²) in [6.07, 6.45) is 1.89. The Morgan fingerprint density at radius 2 is 2.47 bits per heavy atom. The monoisotopic (exact) mass is 308 g/mol. The van der Waals surface area contributed by atoms with Crippen LogP contribution < -0.4 is 0 Å². The number of rotatable bonds is 2. The van der Waals surface area contributed by atoms with Crippen LogP contribution in [-0.2, 0) is 4.74 Å². The molecule has 1 aliphatic heterocycles. The maximum Gasteiger partial charge on any atom is 0.178 e. The summed E-state index contributed by atoms with van der Waals surface area (Å²) in [7, 11) is 0. The number of halogens is 2. The molecule has 1 atom stereocenters. The molecule has 2 heterocycles. The first-order chi connectivity index (χ1) is 7.18. The fourth-order valence-electron chi connectivity index (χ4n) is 1.62. The highest BCUT2D eigenvalue weighted by molar-refractivity contribution is 9.11. The van der Waals surface area contributed by atoms with Crippen LogP contribution in [0.4, 0.5) is 0 Å². The molecule has 0 aliphatic carbocycles. The summed E-state index contributed by atoms with van der Waals surface area (Å²) in [5.74, 6) is 0.174. The smallest absolute Gasteiger partial charge is 0.178 e. The maximum atomic E-state index is 12.0. The van der Waals surface area contributed by atoms with Crippen LogP contribution in [0.2, 0.25) is 5.02 Å². The van der Waals surface area contributed by atoms with Crippen LogP contribution in [0, 0.1) is 5.92 Å². The topological polar surface area (TPSA) is 26.3 Å². The van der Waals surface area contributed by atoms with Gasteiger partial charge in [0, 0.05) is 12.5 Å². The normalized spacial score (nSPS) is 21.6. The molecule has 0 amide bonds. The molecular weight excluding hydrogens is 300 g/mol. The van der Waals surface area contributed by atoms with Crippen molar-refractivity contribution < 1.29 is 9.53 Å². The van der Waals surface area contributed by atoms with Gasteiger partial charge >= 0.3 is 0 Å². The molecule has 15 heavy (non-hydrogen) atoms. The summed E-state index contributed by atoms with van der Waals surface area (Å²) >= 11 is 10.6. The number of hydrogen-bond donors (Lipinski definition) is 0. The Labute approximate surface area is 106 Å². The maximum absolute atomic E-state index is 12.0. The lowest BCUT2D eigenvalue weighted by atomic mass is 9.96. The van der Waals surface area contributed by atoms with Crippen molar-refractivity contribution in [3.8, 4) is 0 Å². The van der Waals surface area contributed by atoms with E-state index < -0.39 is 0 Å². The molecule has 1 saturated heterocycles. The second kappa shape index (κ2) is 4.95. The lowest BCUT2D eigenvalue weighted by Gasteiger charge is -2.19. The van der Waals surface area contributed by atoms with Crippen molar-refractivity contribution in [3.63, 3.8) is 0 Å². The Kier molecular flexibility index (Phi) is 3.83. The highest BCUT2D eigenvalue weighted by Crippen LogP contribution is 2.34.